The van der Waals surface area contributed by atoms with Crippen LogP contribution in [0.4, 0.5) is 5.69 Å². The molecule has 3 aromatic carbocycles. The van der Waals surface area contributed by atoms with Gasteiger partial charge in [-0.3, -0.25) is 9.59 Å². The number of ketones is 1. The van der Waals surface area contributed by atoms with Crippen LogP contribution in [0, 0.1) is 6.92 Å². The number of hydrogen-bond donors (Lipinski definition) is 1. The number of hydrogen-bond acceptors (Lipinski definition) is 4. The molecule has 6 nitrogen and oxygen atoms in total. The number of nitrogens with zero attached hydrogens (tertiary/aromatic N) is 1. The lowest BCUT2D eigenvalue weighted by Crippen LogP contribution is -2.43. The molecule has 176 valence electrons. The Morgan fingerprint density at radius 2 is 1.68 bits per heavy atom. The van der Waals surface area contributed by atoms with Gasteiger partial charge in [-0.25, -0.2) is 8.42 Å². The second-order valence-corrected chi connectivity index (χ2v) is 10.8. The molecule has 1 unspecified atom stereocenters. The standard InChI is InChI=1S/C25H22Cl2N2O4S/c1-16-8-11-18(12-9-16)34(32,33)29-14-4-7-23(29)25(31)28-22-13-10-17(26)15-20(22)24(30)19-5-2-3-6-21(19)27/h2-3,5-6,8-13,15,23H,4,7,14H2,1H3,(H,28,31). The highest BCUT2D eigenvalue weighted by molar-refractivity contribution is 7.89. The largest absolute Gasteiger partial charge is 0.324 e. The Labute approximate surface area is 208 Å². The van der Waals surface area contributed by atoms with Gasteiger partial charge < -0.3 is 5.32 Å². The SMILES string of the molecule is Cc1ccc(S(=O)(=O)N2CCCC2C(=O)Nc2ccc(Cl)cc2C(=O)c2ccccc2Cl)cc1. The highest BCUT2D eigenvalue weighted by Crippen LogP contribution is 2.30. The van der Waals surface area contributed by atoms with E-state index in [1.807, 2.05) is 6.92 Å². The van der Waals surface area contributed by atoms with Gasteiger partial charge >= 0.3 is 0 Å². The van der Waals surface area contributed by atoms with Crippen LogP contribution in [0.2, 0.25) is 10.0 Å². The third kappa shape index (κ3) is 4.88. The monoisotopic (exact) mass is 516 g/mol. The first-order valence-electron chi connectivity index (χ1n) is 10.7. The number of amides is 1. The van der Waals surface area contributed by atoms with E-state index in [0.29, 0.717) is 17.9 Å². The second-order valence-electron chi connectivity index (χ2n) is 8.07. The number of rotatable bonds is 6. The molecule has 0 saturated carbocycles. The fraction of sp³-hybridized carbons (Fsp3) is 0.200. The molecule has 1 atom stereocenters. The summed E-state index contributed by atoms with van der Waals surface area (Å²) >= 11 is 12.3. The maximum atomic E-state index is 13.2. The Balaban J connectivity index is 1.62. The molecule has 3 aromatic rings. The molecule has 1 saturated heterocycles. The Bertz CT molecular complexity index is 1360. The second kappa shape index (κ2) is 9.88. The zero-order valence-electron chi connectivity index (χ0n) is 18.3. The van der Waals surface area contributed by atoms with E-state index < -0.39 is 27.8 Å². The Morgan fingerprint density at radius 3 is 2.38 bits per heavy atom. The average Bonchev–Trinajstić information content (AvgIpc) is 3.32. The number of halogens is 2. The number of sulfonamides is 1. The zero-order valence-corrected chi connectivity index (χ0v) is 20.6. The van der Waals surface area contributed by atoms with E-state index in [2.05, 4.69) is 5.32 Å². The molecular weight excluding hydrogens is 495 g/mol. The van der Waals surface area contributed by atoms with E-state index in [1.54, 1.807) is 42.5 Å². The van der Waals surface area contributed by atoms with Gasteiger partial charge in [0, 0.05) is 22.7 Å². The molecular formula is C25H22Cl2N2O4S. The van der Waals surface area contributed by atoms with Gasteiger partial charge in [-0.15, -0.1) is 0 Å². The molecule has 1 aliphatic rings. The fourth-order valence-corrected chi connectivity index (χ4v) is 6.01. The number of carbonyl (C=O) groups excluding carboxylic acids is 2. The van der Waals surface area contributed by atoms with Crippen LogP contribution in [0.1, 0.15) is 34.3 Å². The van der Waals surface area contributed by atoms with Gasteiger partial charge in [-0.2, -0.15) is 4.31 Å². The lowest BCUT2D eigenvalue weighted by atomic mass is 10.0. The van der Waals surface area contributed by atoms with Crippen LogP contribution in [-0.4, -0.2) is 37.0 Å². The van der Waals surface area contributed by atoms with Gasteiger partial charge in [-0.05, 0) is 62.2 Å². The van der Waals surface area contributed by atoms with E-state index >= 15 is 0 Å². The summed E-state index contributed by atoms with van der Waals surface area (Å²) in [5.74, 6) is -0.914. The summed E-state index contributed by atoms with van der Waals surface area (Å²) in [5.41, 5.74) is 1.61. The molecule has 9 heteroatoms. The van der Waals surface area contributed by atoms with Crippen molar-refractivity contribution in [3.8, 4) is 0 Å². The molecule has 1 heterocycles. The van der Waals surface area contributed by atoms with Crippen molar-refractivity contribution in [3.05, 3.63) is 93.5 Å². The lowest BCUT2D eigenvalue weighted by Gasteiger charge is -2.24. The highest BCUT2D eigenvalue weighted by atomic mass is 35.5. The van der Waals surface area contributed by atoms with Gasteiger partial charge in [0.25, 0.3) is 0 Å². The van der Waals surface area contributed by atoms with Crippen molar-refractivity contribution in [2.75, 3.05) is 11.9 Å². The van der Waals surface area contributed by atoms with Crippen LogP contribution in [-0.2, 0) is 14.8 Å². The average molecular weight is 517 g/mol. The molecule has 1 N–H and O–H groups in total. The summed E-state index contributed by atoms with van der Waals surface area (Å²) < 4.78 is 27.7. The van der Waals surface area contributed by atoms with E-state index in [1.165, 1.54) is 28.6 Å². The number of anilines is 1. The van der Waals surface area contributed by atoms with Gasteiger partial charge in [0.1, 0.15) is 6.04 Å². The van der Waals surface area contributed by atoms with Crippen LogP contribution < -0.4 is 5.32 Å². The molecule has 1 amide bonds. The quantitative estimate of drug-likeness (QED) is 0.449. The molecule has 1 fully saturated rings. The summed E-state index contributed by atoms with van der Waals surface area (Å²) in [4.78, 5) is 26.5. The minimum absolute atomic E-state index is 0.138. The van der Waals surface area contributed by atoms with Crippen molar-refractivity contribution in [2.45, 2.75) is 30.7 Å². The molecule has 0 aromatic heterocycles. The van der Waals surface area contributed by atoms with Gasteiger partial charge in [0.2, 0.25) is 15.9 Å². The Morgan fingerprint density at radius 1 is 0.971 bits per heavy atom. The van der Waals surface area contributed by atoms with Crippen molar-refractivity contribution in [1.29, 1.82) is 0 Å². The third-order valence-electron chi connectivity index (χ3n) is 5.74. The molecule has 1 aliphatic heterocycles. The van der Waals surface area contributed by atoms with Crippen LogP contribution in [0.3, 0.4) is 0 Å². The topological polar surface area (TPSA) is 83.6 Å². The summed E-state index contributed by atoms with van der Waals surface area (Å²) in [6.45, 7) is 2.11. The maximum absolute atomic E-state index is 13.2. The number of carbonyl (C=O) groups is 2. The molecule has 0 radical (unpaired) electrons. The molecule has 0 aliphatic carbocycles. The minimum atomic E-state index is -3.86. The Kier molecular flexibility index (Phi) is 7.09. The fourth-order valence-electron chi connectivity index (χ4n) is 3.96. The van der Waals surface area contributed by atoms with Crippen molar-refractivity contribution in [1.82, 2.24) is 4.31 Å². The number of benzene rings is 3. The smallest absolute Gasteiger partial charge is 0.243 e. The van der Waals surface area contributed by atoms with Crippen LogP contribution in [0.25, 0.3) is 0 Å². The predicted octanol–water partition coefficient (Wildman–Crippen LogP) is 5.32. The summed E-state index contributed by atoms with van der Waals surface area (Å²) in [6, 6.07) is 16.7. The first kappa shape index (κ1) is 24.4. The van der Waals surface area contributed by atoms with Crippen molar-refractivity contribution >= 4 is 50.6 Å². The first-order valence-corrected chi connectivity index (χ1v) is 12.9. The number of nitrogens with one attached hydrogen (secondary N) is 1. The number of aryl methyl sites for hydroxylation is 1. The molecule has 34 heavy (non-hydrogen) atoms. The summed E-state index contributed by atoms with van der Waals surface area (Å²) in [5, 5.41) is 3.34. The molecule has 0 spiro atoms. The van der Waals surface area contributed by atoms with Crippen molar-refractivity contribution in [2.24, 2.45) is 0 Å². The maximum Gasteiger partial charge on any atom is 0.243 e. The summed E-state index contributed by atoms with van der Waals surface area (Å²) in [7, 11) is -3.86. The van der Waals surface area contributed by atoms with E-state index in [9.17, 15) is 18.0 Å². The first-order chi connectivity index (χ1) is 16.2. The van der Waals surface area contributed by atoms with Gasteiger partial charge in [0.05, 0.1) is 15.6 Å². The van der Waals surface area contributed by atoms with E-state index in [4.69, 9.17) is 23.2 Å². The Hall–Kier alpha value is -2.71. The lowest BCUT2D eigenvalue weighted by molar-refractivity contribution is -0.119. The van der Waals surface area contributed by atoms with Crippen molar-refractivity contribution < 1.29 is 18.0 Å². The molecule has 0 bridgehead atoms. The van der Waals surface area contributed by atoms with E-state index in [-0.39, 0.29) is 33.3 Å². The van der Waals surface area contributed by atoms with E-state index in [0.717, 1.165) is 5.56 Å². The summed E-state index contributed by atoms with van der Waals surface area (Å²) in [6.07, 6.45) is 0.924. The highest BCUT2D eigenvalue weighted by Gasteiger charge is 2.39. The predicted molar refractivity (Wildman–Crippen MR) is 133 cm³/mol. The van der Waals surface area contributed by atoms with Crippen LogP contribution in [0.5, 0.6) is 0 Å². The van der Waals surface area contributed by atoms with Gasteiger partial charge in [0.15, 0.2) is 5.78 Å². The normalized spacial score (nSPS) is 16.4. The van der Waals surface area contributed by atoms with Crippen LogP contribution >= 0.6 is 23.2 Å². The van der Waals surface area contributed by atoms with Crippen molar-refractivity contribution in [3.63, 3.8) is 0 Å². The minimum Gasteiger partial charge on any atom is -0.324 e. The zero-order chi connectivity index (χ0) is 24.5. The molecule has 4 rings (SSSR count). The van der Waals surface area contributed by atoms with Gasteiger partial charge in [-0.1, -0.05) is 53.0 Å². The van der Waals surface area contributed by atoms with Crippen LogP contribution in [0.15, 0.2) is 71.6 Å². The third-order valence-corrected chi connectivity index (χ3v) is 8.22.